The van der Waals surface area contributed by atoms with Crippen LogP contribution in [0.5, 0.6) is 0 Å². The first-order chi connectivity index (χ1) is 10.3. The van der Waals surface area contributed by atoms with Crippen LogP contribution in [0.15, 0.2) is 18.7 Å². The normalized spacial score (nSPS) is 17.9. The third kappa shape index (κ3) is 3.02. The highest BCUT2D eigenvalue weighted by Crippen LogP contribution is 2.30. The highest BCUT2D eigenvalue weighted by molar-refractivity contribution is 5.30. The zero-order valence-electron chi connectivity index (χ0n) is 13.0. The van der Waals surface area contributed by atoms with Gasteiger partial charge in [-0.25, -0.2) is 9.67 Å². The molecule has 1 N–H and O–H groups in total. The Balaban J connectivity index is 1.78. The van der Waals surface area contributed by atoms with Crippen LogP contribution in [0.3, 0.4) is 0 Å². The quantitative estimate of drug-likeness (QED) is 0.888. The van der Waals surface area contributed by atoms with Crippen LogP contribution >= 0.6 is 0 Å². The molecule has 1 unspecified atom stereocenters. The number of rotatable bonds is 6. The van der Waals surface area contributed by atoms with Crippen LogP contribution in [0.25, 0.3) is 0 Å². The maximum absolute atomic E-state index is 4.37. The maximum atomic E-state index is 4.37. The molecule has 21 heavy (non-hydrogen) atoms. The van der Waals surface area contributed by atoms with E-state index in [2.05, 4.69) is 46.2 Å². The molecule has 2 heterocycles. The molecule has 3 rings (SSSR count). The fourth-order valence-corrected chi connectivity index (χ4v) is 3.21. The molecule has 114 valence electrons. The van der Waals surface area contributed by atoms with Gasteiger partial charge in [-0.05, 0) is 50.3 Å². The van der Waals surface area contributed by atoms with Crippen LogP contribution < -0.4 is 5.32 Å². The lowest BCUT2D eigenvalue weighted by molar-refractivity contribution is 0.462. The summed E-state index contributed by atoms with van der Waals surface area (Å²) in [6.07, 6.45) is 11.2. The summed E-state index contributed by atoms with van der Waals surface area (Å²) in [5.74, 6) is 1.03. The van der Waals surface area contributed by atoms with E-state index < -0.39 is 0 Å². The topological polar surface area (TPSA) is 47.7 Å². The van der Waals surface area contributed by atoms with Crippen molar-refractivity contribution < 1.29 is 0 Å². The molecule has 0 amide bonds. The molecule has 5 nitrogen and oxygen atoms in total. The van der Waals surface area contributed by atoms with Crippen LogP contribution in [0, 0.1) is 0 Å². The van der Waals surface area contributed by atoms with E-state index in [1.807, 2.05) is 4.68 Å². The minimum Gasteiger partial charge on any atom is -0.346 e. The minimum atomic E-state index is 0.527. The molecule has 0 aromatic carbocycles. The zero-order valence-corrected chi connectivity index (χ0v) is 13.0. The molecule has 0 spiro atoms. The molecular formula is C16H25N5. The van der Waals surface area contributed by atoms with Gasteiger partial charge >= 0.3 is 0 Å². The SMILES string of the molecule is CCCNC1CCCc2cn(Cc3ncnn3CC)cc21. The fourth-order valence-electron chi connectivity index (χ4n) is 3.21. The predicted molar refractivity (Wildman–Crippen MR) is 83.2 cm³/mol. The van der Waals surface area contributed by atoms with Crippen molar-refractivity contribution in [3.63, 3.8) is 0 Å². The Hall–Kier alpha value is -1.62. The van der Waals surface area contributed by atoms with Gasteiger partial charge in [0.2, 0.25) is 0 Å². The van der Waals surface area contributed by atoms with Gasteiger partial charge in [-0.3, -0.25) is 0 Å². The van der Waals surface area contributed by atoms with E-state index in [4.69, 9.17) is 0 Å². The second kappa shape index (κ2) is 6.43. The van der Waals surface area contributed by atoms with E-state index in [1.54, 1.807) is 6.33 Å². The van der Waals surface area contributed by atoms with Gasteiger partial charge in [-0.15, -0.1) is 0 Å². The third-order valence-electron chi connectivity index (χ3n) is 4.27. The van der Waals surface area contributed by atoms with E-state index in [0.717, 1.165) is 25.5 Å². The maximum Gasteiger partial charge on any atom is 0.146 e. The summed E-state index contributed by atoms with van der Waals surface area (Å²) in [7, 11) is 0. The first kappa shape index (κ1) is 14.3. The molecule has 0 saturated carbocycles. The van der Waals surface area contributed by atoms with Gasteiger partial charge in [-0.1, -0.05) is 6.92 Å². The minimum absolute atomic E-state index is 0.527. The molecule has 0 fully saturated rings. The second-order valence-corrected chi connectivity index (χ2v) is 5.80. The van der Waals surface area contributed by atoms with E-state index in [0.29, 0.717) is 6.04 Å². The average Bonchev–Trinajstić information content (AvgIpc) is 3.11. The van der Waals surface area contributed by atoms with Crippen molar-refractivity contribution in [2.75, 3.05) is 6.54 Å². The predicted octanol–water partition coefficient (Wildman–Crippen LogP) is 2.52. The van der Waals surface area contributed by atoms with Crippen molar-refractivity contribution >= 4 is 0 Å². The lowest BCUT2D eigenvalue weighted by Crippen LogP contribution is -2.24. The third-order valence-corrected chi connectivity index (χ3v) is 4.27. The number of hydrogen-bond donors (Lipinski definition) is 1. The monoisotopic (exact) mass is 287 g/mol. The van der Waals surface area contributed by atoms with Crippen molar-refractivity contribution in [3.05, 3.63) is 35.7 Å². The summed E-state index contributed by atoms with van der Waals surface area (Å²) in [6.45, 7) is 7.10. The van der Waals surface area contributed by atoms with E-state index in [9.17, 15) is 0 Å². The number of hydrogen-bond acceptors (Lipinski definition) is 3. The van der Waals surface area contributed by atoms with E-state index in [-0.39, 0.29) is 0 Å². The Kier molecular flexibility index (Phi) is 4.39. The molecule has 1 atom stereocenters. The summed E-state index contributed by atoms with van der Waals surface area (Å²) in [4.78, 5) is 4.37. The Morgan fingerprint density at radius 2 is 2.24 bits per heavy atom. The van der Waals surface area contributed by atoms with Crippen LogP contribution in [0.4, 0.5) is 0 Å². The van der Waals surface area contributed by atoms with Crippen molar-refractivity contribution in [2.45, 2.75) is 58.7 Å². The summed E-state index contributed by atoms with van der Waals surface area (Å²) in [5, 5.41) is 7.92. The second-order valence-electron chi connectivity index (χ2n) is 5.80. The molecule has 2 aromatic heterocycles. The van der Waals surface area contributed by atoms with Gasteiger partial charge < -0.3 is 9.88 Å². The molecule has 0 saturated heterocycles. The van der Waals surface area contributed by atoms with Gasteiger partial charge in [0.15, 0.2) is 0 Å². The molecule has 5 heteroatoms. The summed E-state index contributed by atoms with van der Waals surface area (Å²) in [6, 6.07) is 0.527. The molecule has 0 radical (unpaired) electrons. The van der Waals surface area contributed by atoms with Gasteiger partial charge in [-0.2, -0.15) is 5.10 Å². The van der Waals surface area contributed by atoms with Gasteiger partial charge in [0.25, 0.3) is 0 Å². The Morgan fingerprint density at radius 1 is 1.33 bits per heavy atom. The van der Waals surface area contributed by atoms with Crippen LogP contribution in [0.2, 0.25) is 0 Å². The van der Waals surface area contributed by atoms with Gasteiger partial charge in [0.05, 0.1) is 6.54 Å². The number of nitrogens with zero attached hydrogens (tertiary/aromatic N) is 4. The highest BCUT2D eigenvalue weighted by atomic mass is 15.3. The largest absolute Gasteiger partial charge is 0.346 e. The smallest absolute Gasteiger partial charge is 0.146 e. The lowest BCUT2D eigenvalue weighted by Gasteiger charge is -2.23. The molecule has 1 aliphatic carbocycles. The zero-order chi connectivity index (χ0) is 14.7. The van der Waals surface area contributed by atoms with Crippen LogP contribution in [-0.2, 0) is 19.5 Å². The van der Waals surface area contributed by atoms with E-state index in [1.165, 1.54) is 36.8 Å². The Morgan fingerprint density at radius 3 is 3.05 bits per heavy atom. The van der Waals surface area contributed by atoms with E-state index >= 15 is 0 Å². The fraction of sp³-hybridized carbons (Fsp3) is 0.625. The van der Waals surface area contributed by atoms with Crippen LogP contribution in [0.1, 0.15) is 56.1 Å². The number of nitrogens with one attached hydrogen (secondary N) is 1. The molecule has 0 aliphatic heterocycles. The van der Waals surface area contributed by atoms with Crippen molar-refractivity contribution in [3.8, 4) is 0 Å². The molecule has 2 aromatic rings. The Labute approximate surface area is 126 Å². The van der Waals surface area contributed by atoms with Crippen molar-refractivity contribution in [2.24, 2.45) is 0 Å². The summed E-state index contributed by atoms with van der Waals surface area (Å²) < 4.78 is 4.23. The average molecular weight is 287 g/mol. The van der Waals surface area contributed by atoms with Crippen molar-refractivity contribution in [1.29, 1.82) is 0 Å². The molecule has 1 aliphatic rings. The number of aryl methyl sites for hydroxylation is 2. The van der Waals surface area contributed by atoms with Crippen molar-refractivity contribution in [1.82, 2.24) is 24.6 Å². The molecule has 0 bridgehead atoms. The van der Waals surface area contributed by atoms with Gasteiger partial charge in [0, 0.05) is 25.0 Å². The number of fused-ring (bicyclic) bond motifs is 1. The van der Waals surface area contributed by atoms with Gasteiger partial charge in [0.1, 0.15) is 12.2 Å². The first-order valence-corrected chi connectivity index (χ1v) is 8.10. The first-order valence-electron chi connectivity index (χ1n) is 8.10. The highest BCUT2D eigenvalue weighted by Gasteiger charge is 2.21. The summed E-state index contributed by atoms with van der Waals surface area (Å²) >= 11 is 0. The molecular weight excluding hydrogens is 262 g/mol. The summed E-state index contributed by atoms with van der Waals surface area (Å²) in [5.41, 5.74) is 2.98. The lowest BCUT2D eigenvalue weighted by atomic mass is 9.91. The standard InChI is InChI=1S/C16H25N5/c1-3-8-17-15-7-5-6-13-9-20(10-14(13)15)11-16-18-12-19-21(16)4-2/h9-10,12,15,17H,3-8,11H2,1-2H3. The van der Waals surface area contributed by atoms with Crippen LogP contribution in [-0.4, -0.2) is 25.9 Å². The number of aromatic nitrogens is 4. The Bertz CT molecular complexity index is 583.